The first-order valence-corrected chi connectivity index (χ1v) is 5.37. The van der Waals surface area contributed by atoms with Gasteiger partial charge in [0.25, 0.3) is 0 Å². The first-order chi connectivity index (χ1) is 8.92. The summed E-state index contributed by atoms with van der Waals surface area (Å²) in [6.07, 6.45) is -3.90. The molecule has 0 amide bonds. The van der Waals surface area contributed by atoms with Gasteiger partial charge in [-0.15, -0.1) is 0 Å². The van der Waals surface area contributed by atoms with Gasteiger partial charge >= 0.3 is 83.0 Å². The van der Waals surface area contributed by atoms with Crippen LogP contribution >= 0.6 is 0 Å². The molecule has 0 aliphatic rings. The second-order valence-corrected chi connectivity index (χ2v) is 4.59. The Hall–Kier alpha value is 0.319. The molecule has 0 aromatic heterocycles. The second kappa shape index (κ2) is 12.6. The van der Waals surface area contributed by atoms with Crippen molar-refractivity contribution in [1.29, 1.82) is 0 Å². The van der Waals surface area contributed by atoms with Gasteiger partial charge in [0.05, 0.1) is 36.8 Å². The normalized spacial score (nSPS) is 10.3. The Bertz CT molecular complexity index is 377. The SMILES string of the molecule is NC(CC(=O)O)(CC(=O)O)C(N)(CC(=O)O)CC(=O)O.[Fe].[NaH].[NaH]. The molecule has 0 saturated carbocycles. The molecule has 0 bridgehead atoms. The first-order valence-electron chi connectivity index (χ1n) is 5.37. The number of hydrogen-bond acceptors (Lipinski definition) is 6. The fourth-order valence-corrected chi connectivity index (χ4v) is 1.91. The zero-order chi connectivity index (χ0) is 16.1. The maximum atomic E-state index is 10.8. The fourth-order valence-electron chi connectivity index (χ4n) is 1.91. The van der Waals surface area contributed by atoms with Gasteiger partial charge in [0, 0.05) is 17.1 Å². The molecule has 0 heterocycles. The van der Waals surface area contributed by atoms with E-state index in [1.807, 2.05) is 0 Å². The van der Waals surface area contributed by atoms with Crippen LogP contribution in [0.25, 0.3) is 0 Å². The molecule has 126 valence electrons. The molecule has 8 N–H and O–H groups in total. The molecular weight excluding hydrogens is 378 g/mol. The number of nitrogens with two attached hydrogens (primary N) is 2. The van der Waals surface area contributed by atoms with Crippen LogP contribution in [0.15, 0.2) is 0 Å². The van der Waals surface area contributed by atoms with Gasteiger partial charge in [-0.1, -0.05) is 0 Å². The van der Waals surface area contributed by atoms with Gasteiger partial charge in [-0.3, -0.25) is 19.2 Å². The van der Waals surface area contributed by atoms with Crippen LogP contribution < -0.4 is 11.5 Å². The van der Waals surface area contributed by atoms with Crippen LogP contribution in [0.4, 0.5) is 0 Å². The summed E-state index contributed by atoms with van der Waals surface area (Å²) in [5.74, 6) is -6.06. The minimum absolute atomic E-state index is 0. The molecular formula is C10H18FeN2Na2O8. The van der Waals surface area contributed by atoms with E-state index in [0.717, 1.165) is 0 Å². The first kappa shape index (κ1) is 31.1. The van der Waals surface area contributed by atoms with Crippen LogP contribution in [0.3, 0.4) is 0 Å². The van der Waals surface area contributed by atoms with Gasteiger partial charge in [0.1, 0.15) is 0 Å². The molecule has 0 aromatic carbocycles. The van der Waals surface area contributed by atoms with E-state index < -0.39 is 60.6 Å². The summed E-state index contributed by atoms with van der Waals surface area (Å²) in [4.78, 5) is 43.2. The standard InChI is InChI=1S/C10H16N2O8.Fe.2Na.2H/c11-9(1-5(13)14,2-6(15)16)10(12,3-7(17)18)4-8(19)20;;;;;/h1-4,11-12H2,(H,13,14)(H,15,16)(H,17,18)(H,19,20);;;;;. The number of rotatable bonds is 9. The average Bonchev–Trinajstić information content (AvgIpc) is 2.10. The quantitative estimate of drug-likeness (QED) is 0.218. The predicted molar refractivity (Wildman–Crippen MR) is 77.1 cm³/mol. The molecule has 0 aliphatic carbocycles. The maximum absolute atomic E-state index is 10.8. The number of aliphatic carboxylic acids is 4. The molecule has 0 unspecified atom stereocenters. The van der Waals surface area contributed by atoms with Crippen LogP contribution in [-0.4, -0.2) is 114 Å². The summed E-state index contributed by atoms with van der Waals surface area (Å²) in [7, 11) is 0. The van der Waals surface area contributed by atoms with Gasteiger partial charge in [-0.2, -0.15) is 0 Å². The third-order valence-electron chi connectivity index (χ3n) is 2.86. The van der Waals surface area contributed by atoms with Crippen LogP contribution in [0.1, 0.15) is 25.7 Å². The van der Waals surface area contributed by atoms with Crippen molar-refractivity contribution in [3.63, 3.8) is 0 Å². The minimum atomic E-state index is -2.22. The van der Waals surface area contributed by atoms with E-state index in [4.69, 9.17) is 31.9 Å². The van der Waals surface area contributed by atoms with Crippen LogP contribution in [0.5, 0.6) is 0 Å². The van der Waals surface area contributed by atoms with E-state index in [1.54, 1.807) is 0 Å². The summed E-state index contributed by atoms with van der Waals surface area (Å²) < 4.78 is 0. The van der Waals surface area contributed by atoms with Crippen molar-refractivity contribution in [3.8, 4) is 0 Å². The van der Waals surface area contributed by atoms with E-state index in [9.17, 15) is 19.2 Å². The van der Waals surface area contributed by atoms with Crippen LogP contribution in [-0.2, 0) is 36.2 Å². The molecule has 10 nitrogen and oxygen atoms in total. The predicted octanol–water partition coefficient (Wildman–Crippen LogP) is -3.02. The third kappa shape index (κ3) is 10.7. The summed E-state index contributed by atoms with van der Waals surface area (Å²) in [6.45, 7) is 0. The molecule has 0 saturated heterocycles. The fraction of sp³-hybridized carbons (Fsp3) is 0.600. The summed E-state index contributed by atoms with van der Waals surface area (Å²) >= 11 is 0. The Morgan fingerprint density at radius 1 is 0.609 bits per heavy atom. The second-order valence-electron chi connectivity index (χ2n) is 4.59. The molecule has 0 aliphatic heterocycles. The number of carboxylic acid groups (broad SMARTS) is 4. The Balaban J connectivity index is -0.000000602. The van der Waals surface area contributed by atoms with Crippen molar-refractivity contribution >= 4 is 83.0 Å². The van der Waals surface area contributed by atoms with Crippen molar-refractivity contribution < 1.29 is 56.7 Å². The summed E-state index contributed by atoms with van der Waals surface area (Å²) in [5, 5.41) is 35.1. The van der Waals surface area contributed by atoms with E-state index in [2.05, 4.69) is 0 Å². The summed E-state index contributed by atoms with van der Waals surface area (Å²) in [6, 6.07) is 0. The number of carbonyl (C=O) groups is 4. The summed E-state index contributed by atoms with van der Waals surface area (Å²) in [5.41, 5.74) is 6.88. The van der Waals surface area contributed by atoms with E-state index in [-0.39, 0.29) is 76.2 Å². The number of carboxylic acids is 4. The van der Waals surface area contributed by atoms with E-state index in [1.165, 1.54) is 0 Å². The molecule has 0 aromatic rings. The Labute approximate surface area is 186 Å². The monoisotopic (exact) mass is 396 g/mol. The topological polar surface area (TPSA) is 201 Å². The molecule has 0 rings (SSSR count). The van der Waals surface area contributed by atoms with Crippen molar-refractivity contribution in [1.82, 2.24) is 0 Å². The van der Waals surface area contributed by atoms with Gasteiger partial charge in [0.15, 0.2) is 0 Å². The Kier molecular flexibility index (Phi) is 17.1. The molecule has 23 heavy (non-hydrogen) atoms. The zero-order valence-corrected chi connectivity index (χ0v) is 11.9. The molecule has 0 fully saturated rings. The molecule has 13 heteroatoms. The van der Waals surface area contributed by atoms with Crippen molar-refractivity contribution in [2.75, 3.05) is 0 Å². The van der Waals surface area contributed by atoms with Crippen molar-refractivity contribution in [3.05, 3.63) is 0 Å². The van der Waals surface area contributed by atoms with Gasteiger partial charge in [-0.05, 0) is 0 Å². The van der Waals surface area contributed by atoms with Gasteiger partial charge in [0.2, 0.25) is 0 Å². The van der Waals surface area contributed by atoms with Crippen LogP contribution in [0, 0.1) is 0 Å². The van der Waals surface area contributed by atoms with Gasteiger partial charge < -0.3 is 31.9 Å². The average molecular weight is 396 g/mol. The van der Waals surface area contributed by atoms with Gasteiger partial charge in [-0.25, -0.2) is 0 Å². The zero-order valence-electron chi connectivity index (χ0n) is 10.8. The van der Waals surface area contributed by atoms with Crippen molar-refractivity contribution in [2.45, 2.75) is 36.8 Å². The Morgan fingerprint density at radius 3 is 0.826 bits per heavy atom. The molecule has 0 radical (unpaired) electrons. The molecule has 0 atom stereocenters. The van der Waals surface area contributed by atoms with E-state index >= 15 is 0 Å². The van der Waals surface area contributed by atoms with Crippen molar-refractivity contribution in [2.24, 2.45) is 11.5 Å². The third-order valence-corrected chi connectivity index (χ3v) is 2.86. The molecule has 0 spiro atoms. The number of hydrogen-bond donors (Lipinski definition) is 6. The van der Waals surface area contributed by atoms with E-state index in [0.29, 0.717) is 0 Å². The van der Waals surface area contributed by atoms with Crippen LogP contribution in [0.2, 0.25) is 0 Å². The Morgan fingerprint density at radius 2 is 0.739 bits per heavy atom.